The highest BCUT2D eigenvalue weighted by molar-refractivity contribution is 14.1. The molecule has 0 aliphatic heterocycles. The first-order chi connectivity index (χ1) is 7.63. The molecule has 0 saturated carbocycles. The molecular weight excluding hydrogens is 329 g/mol. The molecule has 1 rings (SSSR count). The number of halogens is 1. The summed E-state index contributed by atoms with van der Waals surface area (Å²) in [7, 11) is 0. The number of nitro benzene ring substituents is 1. The molecule has 6 nitrogen and oxygen atoms in total. The van der Waals surface area contributed by atoms with Crippen LogP contribution in [-0.2, 0) is 4.74 Å². The van der Waals surface area contributed by atoms with Gasteiger partial charge in [0.05, 0.1) is 4.92 Å². The van der Waals surface area contributed by atoms with Crippen LogP contribution in [0.4, 0.5) is 10.5 Å². The van der Waals surface area contributed by atoms with E-state index in [-0.39, 0.29) is 18.0 Å². The minimum absolute atomic E-state index is 0.0621. The van der Waals surface area contributed by atoms with Gasteiger partial charge < -0.3 is 9.47 Å². The number of non-ortho nitro benzene ring substituents is 1. The third-order valence-electron chi connectivity index (χ3n) is 1.55. The van der Waals surface area contributed by atoms with Gasteiger partial charge in [-0.3, -0.25) is 10.1 Å². The second-order valence-electron chi connectivity index (χ2n) is 2.64. The lowest BCUT2D eigenvalue weighted by Crippen LogP contribution is -2.11. The van der Waals surface area contributed by atoms with E-state index in [1.54, 1.807) is 0 Å². The molecule has 16 heavy (non-hydrogen) atoms. The molecule has 0 amide bonds. The third kappa shape index (κ3) is 4.01. The summed E-state index contributed by atoms with van der Waals surface area (Å²) in [6.45, 7) is 0.270. The fourth-order valence-electron chi connectivity index (χ4n) is 0.883. The molecule has 0 aliphatic carbocycles. The van der Waals surface area contributed by atoms with Crippen molar-refractivity contribution in [3.8, 4) is 5.75 Å². The monoisotopic (exact) mass is 337 g/mol. The predicted molar refractivity (Wildman–Crippen MR) is 64.0 cm³/mol. The largest absolute Gasteiger partial charge is 0.513 e. The Hall–Kier alpha value is -1.38. The molecule has 0 fully saturated rings. The first kappa shape index (κ1) is 12.7. The maximum absolute atomic E-state index is 11.0. The van der Waals surface area contributed by atoms with E-state index in [0.29, 0.717) is 4.43 Å². The van der Waals surface area contributed by atoms with E-state index in [0.717, 1.165) is 0 Å². The summed E-state index contributed by atoms with van der Waals surface area (Å²) in [5, 5.41) is 10.3. The SMILES string of the molecule is O=C(OCCI)Oc1ccc([N+](=O)[O-])cc1. The molecule has 0 aromatic heterocycles. The number of benzene rings is 1. The predicted octanol–water partition coefficient (Wildman–Crippen LogP) is 2.55. The van der Waals surface area contributed by atoms with Crippen LogP contribution in [0.2, 0.25) is 0 Å². The van der Waals surface area contributed by atoms with E-state index in [4.69, 9.17) is 4.74 Å². The van der Waals surface area contributed by atoms with Crippen LogP contribution < -0.4 is 4.74 Å². The van der Waals surface area contributed by atoms with Crippen molar-refractivity contribution in [1.29, 1.82) is 0 Å². The lowest BCUT2D eigenvalue weighted by molar-refractivity contribution is -0.384. The lowest BCUT2D eigenvalue weighted by Gasteiger charge is -2.03. The molecule has 1 aromatic rings. The first-order valence-electron chi connectivity index (χ1n) is 4.28. The number of hydrogen-bond donors (Lipinski definition) is 0. The molecule has 1 aromatic carbocycles. The van der Waals surface area contributed by atoms with Gasteiger partial charge in [-0.05, 0) is 12.1 Å². The summed E-state index contributed by atoms with van der Waals surface area (Å²) in [6.07, 6.45) is -0.814. The summed E-state index contributed by atoms with van der Waals surface area (Å²) in [6, 6.07) is 5.18. The number of nitrogens with zero attached hydrogens (tertiary/aromatic N) is 1. The molecule has 0 heterocycles. The fraction of sp³-hybridized carbons (Fsp3) is 0.222. The quantitative estimate of drug-likeness (QED) is 0.211. The van der Waals surface area contributed by atoms with Crippen LogP contribution in [0.5, 0.6) is 5.75 Å². The second-order valence-corrected chi connectivity index (χ2v) is 3.72. The zero-order valence-electron chi connectivity index (χ0n) is 8.09. The Kier molecular flexibility index (Phi) is 4.96. The summed E-state index contributed by atoms with van der Waals surface area (Å²) in [4.78, 5) is 20.8. The number of nitro groups is 1. The zero-order chi connectivity index (χ0) is 12.0. The molecular formula is C9H8INO5. The summed E-state index contributed by atoms with van der Waals surface area (Å²) < 4.78 is 10.1. The van der Waals surface area contributed by atoms with E-state index < -0.39 is 11.1 Å². The zero-order valence-corrected chi connectivity index (χ0v) is 10.2. The maximum Gasteiger partial charge on any atom is 0.513 e. The van der Waals surface area contributed by atoms with E-state index in [1.165, 1.54) is 24.3 Å². The van der Waals surface area contributed by atoms with Gasteiger partial charge in [-0.2, -0.15) is 0 Å². The van der Waals surface area contributed by atoms with Crippen LogP contribution in [0, 0.1) is 10.1 Å². The van der Waals surface area contributed by atoms with Gasteiger partial charge in [-0.15, -0.1) is 0 Å². The average Bonchev–Trinajstić information content (AvgIpc) is 2.27. The Balaban J connectivity index is 2.55. The number of rotatable bonds is 4. The van der Waals surface area contributed by atoms with Gasteiger partial charge in [0, 0.05) is 16.6 Å². The van der Waals surface area contributed by atoms with Crippen molar-refractivity contribution >= 4 is 34.4 Å². The molecule has 0 saturated heterocycles. The molecule has 0 unspecified atom stereocenters. The van der Waals surface area contributed by atoms with Crippen LogP contribution in [-0.4, -0.2) is 22.1 Å². The summed E-state index contributed by atoms with van der Waals surface area (Å²) in [5.41, 5.74) is -0.0621. The third-order valence-corrected chi connectivity index (χ3v) is 1.99. The first-order valence-corrected chi connectivity index (χ1v) is 5.81. The Bertz CT molecular complexity index is 378. The van der Waals surface area contributed by atoms with Crippen molar-refractivity contribution in [2.24, 2.45) is 0 Å². The Morgan fingerprint density at radius 1 is 1.38 bits per heavy atom. The molecule has 86 valence electrons. The van der Waals surface area contributed by atoms with E-state index >= 15 is 0 Å². The number of carbonyl (C=O) groups excluding carboxylic acids is 1. The number of hydrogen-bond acceptors (Lipinski definition) is 5. The number of ether oxygens (including phenoxy) is 2. The van der Waals surface area contributed by atoms with Gasteiger partial charge in [0.1, 0.15) is 12.4 Å². The van der Waals surface area contributed by atoms with Crippen molar-refractivity contribution in [3.63, 3.8) is 0 Å². The highest BCUT2D eigenvalue weighted by Gasteiger charge is 2.08. The number of alkyl halides is 1. The van der Waals surface area contributed by atoms with Crippen LogP contribution >= 0.6 is 22.6 Å². The highest BCUT2D eigenvalue weighted by atomic mass is 127. The Labute approximate surface area is 105 Å². The Morgan fingerprint density at radius 2 is 2.00 bits per heavy atom. The smallest absolute Gasteiger partial charge is 0.433 e. The van der Waals surface area contributed by atoms with Gasteiger partial charge in [0.15, 0.2) is 0 Å². The maximum atomic E-state index is 11.0. The second kappa shape index (κ2) is 6.26. The molecule has 0 atom stereocenters. The molecule has 0 aliphatic rings. The van der Waals surface area contributed by atoms with E-state index in [2.05, 4.69) is 27.3 Å². The molecule has 0 bridgehead atoms. The normalized spacial score (nSPS) is 9.56. The molecule has 0 spiro atoms. The van der Waals surface area contributed by atoms with Gasteiger partial charge in [-0.25, -0.2) is 4.79 Å². The van der Waals surface area contributed by atoms with E-state index in [9.17, 15) is 14.9 Å². The average molecular weight is 337 g/mol. The number of carbonyl (C=O) groups is 1. The summed E-state index contributed by atoms with van der Waals surface area (Å²) >= 11 is 2.06. The minimum atomic E-state index is -0.814. The van der Waals surface area contributed by atoms with Crippen molar-refractivity contribution in [2.45, 2.75) is 0 Å². The van der Waals surface area contributed by atoms with Gasteiger partial charge in [0.2, 0.25) is 0 Å². The van der Waals surface area contributed by atoms with Gasteiger partial charge in [0.25, 0.3) is 5.69 Å². The van der Waals surface area contributed by atoms with Crippen LogP contribution in [0.3, 0.4) is 0 Å². The highest BCUT2D eigenvalue weighted by Crippen LogP contribution is 2.17. The Morgan fingerprint density at radius 3 is 2.50 bits per heavy atom. The van der Waals surface area contributed by atoms with Gasteiger partial charge in [-0.1, -0.05) is 22.6 Å². The van der Waals surface area contributed by atoms with Crippen molar-refractivity contribution in [2.75, 3.05) is 11.0 Å². The van der Waals surface area contributed by atoms with Crippen LogP contribution in [0.25, 0.3) is 0 Å². The topological polar surface area (TPSA) is 78.7 Å². The minimum Gasteiger partial charge on any atom is -0.433 e. The molecule has 7 heteroatoms. The molecule has 0 radical (unpaired) electrons. The van der Waals surface area contributed by atoms with Crippen LogP contribution in [0.1, 0.15) is 0 Å². The summed E-state index contributed by atoms with van der Waals surface area (Å²) in [5.74, 6) is 0.212. The van der Waals surface area contributed by atoms with Crippen molar-refractivity contribution in [3.05, 3.63) is 34.4 Å². The van der Waals surface area contributed by atoms with Crippen LogP contribution in [0.15, 0.2) is 24.3 Å². The van der Waals surface area contributed by atoms with Gasteiger partial charge >= 0.3 is 6.16 Å². The fourth-order valence-corrected chi connectivity index (χ4v) is 1.10. The van der Waals surface area contributed by atoms with E-state index in [1.807, 2.05) is 0 Å². The lowest BCUT2D eigenvalue weighted by atomic mass is 10.3. The van der Waals surface area contributed by atoms with Crippen molar-refractivity contribution in [1.82, 2.24) is 0 Å². The van der Waals surface area contributed by atoms with Crippen molar-refractivity contribution < 1.29 is 19.2 Å². The molecule has 0 N–H and O–H groups in total. The standard InChI is InChI=1S/C9H8INO5/c10-5-6-15-9(12)16-8-3-1-7(2-4-8)11(13)14/h1-4H,5-6H2.